The Morgan fingerprint density at radius 3 is 2.35 bits per heavy atom. The number of carbonyl (C=O) groups is 1. The first-order chi connectivity index (χ1) is 10.6. The molecule has 0 radical (unpaired) electrons. The van der Waals surface area contributed by atoms with Crippen LogP contribution in [-0.4, -0.2) is 37.0 Å². The standard InChI is InChI=1S/C17H22F2N2O.ClH/c18-14-2-1-13(11-15(14)19)12-16(22)21-9-5-17(6-10-21)3-7-20-8-4-17;/h1-2,11,20H,3-10,12H2;1H. The second kappa shape index (κ2) is 7.58. The summed E-state index contributed by atoms with van der Waals surface area (Å²) in [6.45, 7) is 3.70. The van der Waals surface area contributed by atoms with E-state index in [2.05, 4.69) is 5.32 Å². The van der Waals surface area contributed by atoms with E-state index in [9.17, 15) is 13.6 Å². The zero-order chi connectivity index (χ0) is 15.6. The summed E-state index contributed by atoms with van der Waals surface area (Å²) in [5.74, 6) is -1.76. The maximum Gasteiger partial charge on any atom is 0.226 e. The molecule has 3 nitrogen and oxygen atoms in total. The summed E-state index contributed by atoms with van der Waals surface area (Å²) in [7, 11) is 0. The van der Waals surface area contributed by atoms with E-state index in [0.717, 1.165) is 51.2 Å². The largest absolute Gasteiger partial charge is 0.342 e. The molecule has 0 aliphatic carbocycles. The van der Waals surface area contributed by atoms with Gasteiger partial charge in [-0.25, -0.2) is 8.78 Å². The highest BCUT2D eigenvalue weighted by atomic mass is 35.5. The molecule has 3 rings (SSSR count). The molecule has 1 aromatic rings. The molecule has 0 aromatic heterocycles. The monoisotopic (exact) mass is 344 g/mol. The van der Waals surface area contributed by atoms with Crippen LogP contribution in [0.4, 0.5) is 8.78 Å². The molecule has 6 heteroatoms. The lowest BCUT2D eigenvalue weighted by Crippen LogP contribution is -2.47. The van der Waals surface area contributed by atoms with Crippen LogP contribution in [0.15, 0.2) is 18.2 Å². The van der Waals surface area contributed by atoms with Crippen molar-refractivity contribution in [2.24, 2.45) is 5.41 Å². The molecular formula is C17H23ClF2N2O. The number of carbonyl (C=O) groups excluding carboxylic acids is 1. The van der Waals surface area contributed by atoms with Crippen molar-refractivity contribution in [3.05, 3.63) is 35.4 Å². The molecule has 1 N–H and O–H groups in total. The molecule has 1 spiro atoms. The van der Waals surface area contributed by atoms with Gasteiger partial charge in [-0.2, -0.15) is 0 Å². The summed E-state index contributed by atoms with van der Waals surface area (Å²) in [5.41, 5.74) is 0.940. The third-order valence-electron chi connectivity index (χ3n) is 5.18. The fourth-order valence-electron chi connectivity index (χ4n) is 3.62. The smallest absolute Gasteiger partial charge is 0.226 e. The SMILES string of the molecule is Cl.O=C(Cc1ccc(F)c(F)c1)N1CCC2(CCNCC2)CC1. The first-order valence-electron chi connectivity index (χ1n) is 8.00. The Bertz CT molecular complexity index is 552. The van der Waals surface area contributed by atoms with Gasteiger partial charge in [-0.15, -0.1) is 12.4 Å². The summed E-state index contributed by atoms with van der Waals surface area (Å²) in [6.07, 6.45) is 4.64. The van der Waals surface area contributed by atoms with E-state index in [4.69, 9.17) is 0 Å². The van der Waals surface area contributed by atoms with Crippen LogP contribution in [0.25, 0.3) is 0 Å². The van der Waals surface area contributed by atoms with Gasteiger partial charge in [-0.1, -0.05) is 6.07 Å². The number of nitrogens with zero attached hydrogens (tertiary/aromatic N) is 1. The van der Waals surface area contributed by atoms with Gasteiger partial charge in [0, 0.05) is 13.1 Å². The maximum absolute atomic E-state index is 13.2. The van der Waals surface area contributed by atoms with Crippen molar-refractivity contribution in [3.63, 3.8) is 0 Å². The first-order valence-corrected chi connectivity index (χ1v) is 8.00. The molecule has 1 amide bonds. The van der Waals surface area contributed by atoms with Crippen molar-refractivity contribution >= 4 is 18.3 Å². The molecule has 0 saturated carbocycles. The van der Waals surface area contributed by atoms with Crippen LogP contribution in [0.2, 0.25) is 0 Å². The molecule has 2 fully saturated rings. The van der Waals surface area contributed by atoms with Crippen molar-refractivity contribution in [2.75, 3.05) is 26.2 Å². The molecule has 2 heterocycles. The Hall–Kier alpha value is -1.20. The Labute approximate surface area is 141 Å². The predicted octanol–water partition coefficient (Wildman–Crippen LogP) is 2.92. The third kappa shape index (κ3) is 4.21. The van der Waals surface area contributed by atoms with Gasteiger partial charge in [0.15, 0.2) is 11.6 Å². The van der Waals surface area contributed by atoms with Crippen molar-refractivity contribution in [3.8, 4) is 0 Å². The zero-order valence-corrected chi connectivity index (χ0v) is 13.9. The number of hydrogen-bond acceptors (Lipinski definition) is 2. The highest BCUT2D eigenvalue weighted by Crippen LogP contribution is 2.39. The number of likely N-dealkylation sites (tertiary alicyclic amines) is 1. The number of nitrogens with one attached hydrogen (secondary N) is 1. The van der Waals surface area contributed by atoms with Gasteiger partial charge in [-0.3, -0.25) is 4.79 Å². The van der Waals surface area contributed by atoms with Crippen LogP contribution < -0.4 is 5.32 Å². The van der Waals surface area contributed by atoms with Gasteiger partial charge in [0.25, 0.3) is 0 Å². The molecule has 0 atom stereocenters. The number of halogens is 3. The fourth-order valence-corrected chi connectivity index (χ4v) is 3.62. The van der Waals surface area contributed by atoms with Crippen LogP contribution >= 0.6 is 12.4 Å². The van der Waals surface area contributed by atoms with E-state index in [1.54, 1.807) is 0 Å². The summed E-state index contributed by atoms with van der Waals surface area (Å²) in [4.78, 5) is 14.2. The number of hydrogen-bond donors (Lipinski definition) is 1. The minimum atomic E-state index is -0.891. The van der Waals surface area contributed by atoms with Crippen molar-refractivity contribution in [2.45, 2.75) is 32.1 Å². The molecule has 0 bridgehead atoms. The Kier molecular flexibility index (Phi) is 5.98. The molecule has 23 heavy (non-hydrogen) atoms. The van der Waals surface area contributed by atoms with Crippen LogP contribution in [0.3, 0.4) is 0 Å². The maximum atomic E-state index is 13.2. The molecular weight excluding hydrogens is 322 g/mol. The van der Waals surface area contributed by atoms with Crippen molar-refractivity contribution in [1.82, 2.24) is 10.2 Å². The summed E-state index contributed by atoms with van der Waals surface area (Å²) >= 11 is 0. The number of amides is 1. The van der Waals surface area contributed by atoms with Gasteiger partial charge in [0.2, 0.25) is 5.91 Å². The predicted molar refractivity (Wildman–Crippen MR) is 87.7 cm³/mol. The molecule has 2 saturated heterocycles. The normalized spacial score (nSPS) is 20.2. The van der Waals surface area contributed by atoms with E-state index in [0.29, 0.717) is 11.0 Å². The number of rotatable bonds is 2. The summed E-state index contributed by atoms with van der Waals surface area (Å²) in [6, 6.07) is 3.68. The van der Waals surface area contributed by atoms with E-state index in [-0.39, 0.29) is 24.7 Å². The lowest BCUT2D eigenvalue weighted by Gasteiger charge is -2.44. The van der Waals surface area contributed by atoms with Gasteiger partial charge in [0.05, 0.1) is 6.42 Å². The lowest BCUT2D eigenvalue weighted by molar-refractivity contribution is -0.133. The van der Waals surface area contributed by atoms with Crippen LogP contribution in [0.1, 0.15) is 31.2 Å². The van der Waals surface area contributed by atoms with E-state index in [1.807, 2.05) is 4.90 Å². The third-order valence-corrected chi connectivity index (χ3v) is 5.18. The van der Waals surface area contributed by atoms with Crippen molar-refractivity contribution < 1.29 is 13.6 Å². The van der Waals surface area contributed by atoms with Crippen LogP contribution in [0.5, 0.6) is 0 Å². The Balaban J connectivity index is 0.00000192. The molecule has 128 valence electrons. The highest BCUT2D eigenvalue weighted by Gasteiger charge is 2.36. The van der Waals surface area contributed by atoms with E-state index >= 15 is 0 Å². The van der Waals surface area contributed by atoms with E-state index in [1.165, 1.54) is 18.9 Å². The second-order valence-electron chi connectivity index (χ2n) is 6.56. The summed E-state index contributed by atoms with van der Waals surface area (Å²) < 4.78 is 26.1. The van der Waals surface area contributed by atoms with Gasteiger partial charge < -0.3 is 10.2 Å². The quantitative estimate of drug-likeness (QED) is 0.894. The van der Waals surface area contributed by atoms with E-state index < -0.39 is 11.6 Å². The highest BCUT2D eigenvalue weighted by molar-refractivity contribution is 5.85. The average molecular weight is 345 g/mol. The summed E-state index contributed by atoms with van der Waals surface area (Å²) in [5, 5.41) is 3.39. The number of piperidine rings is 2. The van der Waals surface area contributed by atoms with Crippen LogP contribution in [-0.2, 0) is 11.2 Å². The Morgan fingerprint density at radius 2 is 1.74 bits per heavy atom. The average Bonchev–Trinajstić information content (AvgIpc) is 2.52. The first kappa shape index (κ1) is 18.1. The molecule has 2 aliphatic heterocycles. The van der Waals surface area contributed by atoms with Gasteiger partial charge in [0.1, 0.15) is 0 Å². The fraction of sp³-hybridized carbons (Fsp3) is 0.588. The molecule has 2 aliphatic rings. The number of benzene rings is 1. The van der Waals surface area contributed by atoms with Gasteiger partial charge >= 0.3 is 0 Å². The van der Waals surface area contributed by atoms with Crippen LogP contribution in [0, 0.1) is 17.0 Å². The topological polar surface area (TPSA) is 32.3 Å². The minimum absolute atomic E-state index is 0. The minimum Gasteiger partial charge on any atom is -0.342 e. The Morgan fingerprint density at radius 1 is 1.09 bits per heavy atom. The van der Waals surface area contributed by atoms with Gasteiger partial charge in [-0.05, 0) is 61.9 Å². The lowest BCUT2D eigenvalue weighted by atomic mass is 9.71. The second-order valence-corrected chi connectivity index (χ2v) is 6.56. The molecule has 0 unspecified atom stereocenters. The zero-order valence-electron chi connectivity index (χ0n) is 13.1. The van der Waals surface area contributed by atoms with Crippen molar-refractivity contribution in [1.29, 1.82) is 0 Å². The molecule has 1 aromatic carbocycles.